The number of carbonyl (C=O) groups is 1. The molecule has 0 saturated heterocycles. The van der Waals surface area contributed by atoms with Crippen molar-refractivity contribution in [3.8, 4) is 0 Å². The van der Waals surface area contributed by atoms with Crippen molar-refractivity contribution in [2.45, 2.75) is 6.54 Å². The molecule has 1 N–H and O–H groups in total. The summed E-state index contributed by atoms with van der Waals surface area (Å²) in [5.41, 5.74) is 1.27. The molecule has 0 aliphatic carbocycles. The van der Waals surface area contributed by atoms with Crippen LogP contribution in [0.25, 0.3) is 0 Å². The number of carbonyl (C=O) groups excluding carboxylic acids is 1. The highest BCUT2D eigenvalue weighted by atomic mass is 16.6. The average Bonchev–Trinajstić information content (AvgIpc) is 3.19. The first-order valence-electron chi connectivity index (χ1n) is 7.94. The Morgan fingerprint density at radius 2 is 1.92 bits per heavy atom. The highest BCUT2D eigenvalue weighted by Crippen LogP contribution is 2.26. The zero-order valence-electron chi connectivity index (χ0n) is 14.1. The highest BCUT2D eigenvalue weighted by molar-refractivity contribution is 6.09. The minimum Gasteiger partial charge on any atom is -0.467 e. The van der Waals surface area contributed by atoms with Gasteiger partial charge < -0.3 is 14.6 Å². The second-order valence-electron chi connectivity index (χ2n) is 5.62. The van der Waals surface area contributed by atoms with Gasteiger partial charge in [0.1, 0.15) is 5.76 Å². The summed E-state index contributed by atoms with van der Waals surface area (Å²) in [5, 5.41) is 14.2. The molecule has 3 aromatic rings. The molecule has 0 atom stereocenters. The molecule has 0 saturated carbocycles. The molecule has 0 unspecified atom stereocenters. The van der Waals surface area contributed by atoms with Gasteiger partial charge in [-0.1, -0.05) is 18.2 Å². The number of non-ortho nitro benzene ring substituents is 1. The molecular weight excluding hydrogens is 334 g/mol. The first kappa shape index (κ1) is 17.2. The van der Waals surface area contributed by atoms with Crippen LogP contribution >= 0.6 is 0 Å². The number of hydrogen-bond donors (Lipinski definition) is 1. The summed E-state index contributed by atoms with van der Waals surface area (Å²) in [6.45, 7) is 0.361. The largest absolute Gasteiger partial charge is 0.467 e. The van der Waals surface area contributed by atoms with Crippen molar-refractivity contribution in [3.05, 3.63) is 88.4 Å². The van der Waals surface area contributed by atoms with Gasteiger partial charge >= 0.3 is 0 Å². The maximum atomic E-state index is 12.9. The molecule has 7 nitrogen and oxygen atoms in total. The van der Waals surface area contributed by atoms with Crippen LogP contribution in [-0.2, 0) is 6.54 Å². The van der Waals surface area contributed by atoms with Crippen molar-refractivity contribution in [3.63, 3.8) is 0 Å². The standard InChI is InChI=1S/C19H17N3O4/c1-21(14-6-3-2-4-7-14)19(23)17-12-15(22(24)25)9-10-18(17)20-13-16-8-5-11-26-16/h2-12,20H,13H2,1H3. The smallest absolute Gasteiger partial charge is 0.270 e. The van der Waals surface area contributed by atoms with Crippen molar-refractivity contribution in [1.29, 1.82) is 0 Å². The molecule has 1 aromatic heterocycles. The van der Waals surface area contributed by atoms with Crippen LogP contribution in [0.5, 0.6) is 0 Å². The Morgan fingerprint density at radius 3 is 2.58 bits per heavy atom. The van der Waals surface area contributed by atoms with Crippen molar-refractivity contribution in [2.75, 3.05) is 17.3 Å². The molecule has 26 heavy (non-hydrogen) atoms. The molecule has 1 heterocycles. The second-order valence-corrected chi connectivity index (χ2v) is 5.62. The third-order valence-electron chi connectivity index (χ3n) is 3.93. The van der Waals surface area contributed by atoms with E-state index in [1.165, 1.54) is 23.1 Å². The number of amides is 1. The van der Waals surface area contributed by atoms with Gasteiger partial charge in [0.25, 0.3) is 11.6 Å². The normalized spacial score (nSPS) is 10.3. The Kier molecular flexibility index (Phi) is 4.98. The number of nitrogens with one attached hydrogen (secondary N) is 1. The summed E-state index contributed by atoms with van der Waals surface area (Å²) >= 11 is 0. The maximum Gasteiger partial charge on any atom is 0.270 e. The van der Waals surface area contributed by atoms with E-state index in [0.29, 0.717) is 23.7 Å². The summed E-state index contributed by atoms with van der Waals surface area (Å²) in [7, 11) is 1.63. The van der Waals surface area contributed by atoms with Gasteiger partial charge in [-0.05, 0) is 30.3 Å². The van der Waals surface area contributed by atoms with Gasteiger partial charge in [-0.3, -0.25) is 14.9 Å². The van der Waals surface area contributed by atoms with Gasteiger partial charge in [-0.15, -0.1) is 0 Å². The molecule has 1 amide bonds. The second kappa shape index (κ2) is 7.52. The molecule has 0 fully saturated rings. The van der Waals surface area contributed by atoms with Gasteiger partial charge in [0.2, 0.25) is 0 Å². The predicted molar refractivity (Wildman–Crippen MR) is 98.3 cm³/mol. The number of hydrogen-bond acceptors (Lipinski definition) is 5. The van der Waals surface area contributed by atoms with E-state index in [2.05, 4.69) is 5.32 Å². The van der Waals surface area contributed by atoms with Crippen molar-refractivity contribution < 1.29 is 14.1 Å². The van der Waals surface area contributed by atoms with Gasteiger partial charge in [0.15, 0.2) is 0 Å². The molecule has 0 spiro atoms. The lowest BCUT2D eigenvalue weighted by Gasteiger charge is -2.19. The molecule has 132 valence electrons. The van der Waals surface area contributed by atoms with Crippen LogP contribution in [0.2, 0.25) is 0 Å². The number of rotatable bonds is 6. The SMILES string of the molecule is CN(C(=O)c1cc([N+](=O)[O-])ccc1NCc1ccco1)c1ccccc1. The monoisotopic (exact) mass is 351 g/mol. The lowest BCUT2D eigenvalue weighted by molar-refractivity contribution is -0.384. The molecule has 0 aliphatic heterocycles. The van der Waals surface area contributed by atoms with Gasteiger partial charge in [-0.25, -0.2) is 0 Å². The number of benzene rings is 2. The molecule has 7 heteroatoms. The predicted octanol–water partition coefficient (Wildman–Crippen LogP) is 4.08. The van der Waals surface area contributed by atoms with E-state index in [9.17, 15) is 14.9 Å². The Hall–Kier alpha value is -3.61. The molecular formula is C19H17N3O4. The Labute approximate surface area is 150 Å². The van der Waals surface area contributed by atoms with Gasteiger partial charge in [-0.2, -0.15) is 0 Å². The van der Waals surface area contributed by atoms with E-state index in [0.717, 1.165) is 0 Å². The lowest BCUT2D eigenvalue weighted by atomic mass is 10.1. The third kappa shape index (κ3) is 3.72. The van der Waals surface area contributed by atoms with E-state index >= 15 is 0 Å². The fourth-order valence-electron chi connectivity index (χ4n) is 2.52. The highest BCUT2D eigenvalue weighted by Gasteiger charge is 2.21. The molecule has 0 radical (unpaired) electrons. The quantitative estimate of drug-likeness (QED) is 0.534. The van der Waals surface area contributed by atoms with Crippen molar-refractivity contribution >= 4 is 23.0 Å². The van der Waals surface area contributed by atoms with Crippen LogP contribution in [0.1, 0.15) is 16.1 Å². The first-order valence-corrected chi connectivity index (χ1v) is 7.94. The fraction of sp³-hybridized carbons (Fsp3) is 0.105. The number of furan rings is 1. The van der Waals surface area contributed by atoms with Gasteiger partial charge in [0.05, 0.1) is 23.3 Å². The Bertz CT molecular complexity index is 908. The van der Waals surface area contributed by atoms with E-state index in [-0.39, 0.29) is 17.2 Å². The summed E-state index contributed by atoms with van der Waals surface area (Å²) in [4.78, 5) is 25.0. The minimum absolute atomic E-state index is 0.140. The van der Waals surface area contributed by atoms with Crippen LogP contribution in [-0.4, -0.2) is 17.9 Å². The fourth-order valence-corrected chi connectivity index (χ4v) is 2.52. The van der Waals surface area contributed by atoms with Crippen molar-refractivity contribution in [2.24, 2.45) is 0 Å². The van der Waals surface area contributed by atoms with Crippen LogP contribution in [0.4, 0.5) is 17.1 Å². The van der Waals surface area contributed by atoms with Crippen molar-refractivity contribution in [1.82, 2.24) is 0 Å². The summed E-state index contributed by atoms with van der Waals surface area (Å²) < 4.78 is 5.27. The van der Waals surface area contributed by atoms with Crippen LogP contribution in [0.15, 0.2) is 71.3 Å². The summed E-state index contributed by atoms with van der Waals surface area (Å²) in [6, 6.07) is 16.8. The molecule has 2 aromatic carbocycles. The topological polar surface area (TPSA) is 88.6 Å². The third-order valence-corrected chi connectivity index (χ3v) is 3.93. The van der Waals surface area contributed by atoms with E-state index in [1.807, 2.05) is 18.2 Å². The molecule has 3 rings (SSSR count). The number of anilines is 2. The van der Waals surface area contributed by atoms with Crippen LogP contribution in [0.3, 0.4) is 0 Å². The van der Waals surface area contributed by atoms with Gasteiger partial charge in [0, 0.05) is 30.6 Å². The number of nitro benzene ring substituents is 1. The van der Waals surface area contributed by atoms with Crippen LogP contribution < -0.4 is 10.2 Å². The van der Waals surface area contributed by atoms with Crippen LogP contribution in [0, 0.1) is 10.1 Å². The zero-order chi connectivity index (χ0) is 18.5. The molecule has 0 aliphatic rings. The Morgan fingerprint density at radius 1 is 1.15 bits per heavy atom. The summed E-state index contributed by atoms with van der Waals surface area (Å²) in [5.74, 6) is 0.347. The number of nitro groups is 1. The van der Waals surface area contributed by atoms with E-state index in [1.54, 1.807) is 37.6 Å². The maximum absolute atomic E-state index is 12.9. The first-order chi connectivity index (χ1) is 12.6. The number of nitrogens with zero attached hydrogens (tertiary/aromatic N) is 2. The Balaban J connectivity index is 1.92. The summed E-state index contributed by atoms with van der Waals surface area (Å²) in [6.07, 6.45) is 1.56. The molecule has 0 bridgehead atoms. The lowest BCUT2D eigenvalue weighted by Crippen LogP contribution is -2.27. The van der Waals surface area contributed by atoms with E-state index in [4.69, 9.17) is 4.42 Å². The average molecular weight is 351 g/mol. The number of para-hydroxylation sites is 1. The van der Waals surface area contributed by atoms with E-state index < -0.39 is 4.92 Å². The minimum atomic E-state index is -0.518. The zero-order valence-corrected chi connectivity index (χ0v) is 14.1.